The molecule has 2 saturated carbocycles. The number of hydrogen-bond acceptors (Lipinski definition) is 2. The Morgan fingerprint density at radius 2 is 1.65 bits per heavy atom. The molecule has 3 heteroatoms. The zero-order valence-electron chi connectivity index (χ0n) is 11.1. The van der Waals surface area contributed by atoms with Gasteiger partial charge in [0.1, 0.15) is 0 Å². The van der Waals surface area contributed by atoms with Crippen LogP contribution in [0.3, 0.4) is 0 Å². The summed E-state index contributed by atoms with van der Waals surface area (Å²) in [5, 5.41) is 0. The minimum Gasteiger partial charge on any atom is -0.529 e. The molecular formula is C14H26O2Si. The lowest BCUT2D eigenvalue weighted by Gasteiger charge is -2.29. The van der Waals surface area contributed by atoms with Gasteiger partial charge in [-0.15, -0.1) is 0 Å². The molecule has 98 valence electrons. The van der Waals surface area contributed by atoms with Crippen molar-refractivity contribution in [3.63, 3.8) is 0 Å². The average Bonchev–Trinajstić information content (AvgIpc) is 2.53. The number of hydrogen-bond donors (Lipinski definition) is 0. The van der Waals surface area contributed by atoms with Crippen molar-refractivity contribution in [2.45, 2.75) is 63.3 Å². The molecule has 0 aromatic rings. The summed E-state index contributed by atoms with van der Waals surface area (Å²) >= 11 is 0. The summed E-state index contributed by atoms with van der Waals surface area (Å²) in [6.07, 6.45) is 16.6. The molecule has 0 spiro atoms. The van der Waals surface area contributed by atoms with Gasteiger partial charge in [-0.2, -0.15) is 0 Å². The Hall–Kier alpha value is -0.283. The Kier molecular flexibility index (Phi) is 5.59. The minimum atomic E-state index is -1.39. The summed E-state index contributed by atoms with van der Waals surface area (Å²) in [6.45, 7) is 0. The van der Waals surface area contributed by atoms with E-state index in [9.17, 15) is 0 Å². The van der Waals surface area contributed by atoms with Crippen LogP contribution in [-0.4, -0.2) is 16.4 Å². The van der Waals surface area contributed by atoms with Crippen molar-refractivity contribution in [1.82, 2.24) is 0 Å². The lowest BCUT2D eigenvalue weighted by Crippen LogP contribution is -2.30. The fourth-order valence-electron chi connectivity index (χ4n) is 2.81. The van der Waals surface area contributed by atoms with Crippen molar-refractivity contribution in [3.05, 3.63) is 12.3 Å². The highest BCUT2D eigenvalue weighted by atomic mass is 28.3. The molecule has 0 aliphatic heterocycles. The molecule has 2 rings (SSSR count). The molecule has 0 aromatic heterocycles. The molecule has 1 atom stereocenters. The monoisotopic (exact) mass is 254 g/mol. The Bertz CT molecular complexity index is 230. The van der Waals surface area contributed by atoms with Crippen molar-refractivity contribution in [1.29, 1.82) is 0 Å². The summed E-state index contributed by atoms with van der Waals surface area (Å²) in [5.41, 5.74) is 0.763. The second-order valence-corrected chi connectivity index (χ2v) is 7.93. The van der Waals surface area contributed by atoms with Crippen molar-refractivity contribution < 1.29 is 8.85 Å². The van der Waals surface area contributed by atoms with Gasteiger partial charge < -0.3 is 8.85 Å². The fourth-order valence-corrected chi connectivity index (χ4v) is 4.79. The highest BCUT2D eigenvalue weighted by Gasteiger charge is 2.31. The van der Waals surface area contributed by atoms with Gasteiger partial charge in [-0.05, 0) is 37.7 Å². The molecular weight excluding hydrogens is 228 g/mol. The second-order valence-electron chi connectivity index (χ2n) is 5.51. The van der Waals surface area contributed by atoms with Crippen LogP contribution in [0.1, 0.15) is 57.8 Å². The first-order chi connectivity index (χ1) is 8.40. The Morgan fingerprint density at radius 3 is 2.18 bits per heavy atom. The third-order valence-corrected chi connectivity index (χ3v) is 6.56. The Labute approximate surface area is 107 Å². The molecule has 0 aromatic carbocycles. The van der Waals surface area contributed by atoms with Gasteiger partial charge >= 0.3 is 9.28 Å². The summed E-state index contributed by atoms with van der Waals surface area (Å²) in [6, 6.07) is 0. The van der Waals surface area contributed by atoms with E-state index in [1.54, 1.807) is 0 Å². The van der Waals surface area contributed by atoms with Crippen LogP contribution in [0.4, 0.5) is 0 Å². The summed E-state index contributed by atoms with van der Waals surface area (Å²) in [4.78, 5) is 0. The predicted molar refractivity (Wildman–Crippen MR) is 73.2 cm³/mol. The third kappa shape index (κ3) is 4.14. The van der Waals surface area contributed by atoms with E-state index in [0.717, 1.165) is 11.5 Å². The quantitative estimate of drug-likeness (QED) is 0.421. The normalized spacial score (nSPS) is 25.5. The summed E-state index contributed by atoms with van der Waals surface area (Å²) in [5.74, 6) is 0.755. The molecule has 0 heterocycles. The van der Waals surface area contributed by atoms with E-state index in [-0.39, 0.29) is 0 Å². The van der Waals surface area contributed by atoms with Crippen LogP contribution >= 0.6 is 0 Å². The van der Waals surface area contributed by atoms with Crippen molar-refractivity contribution >= 4 is 9.28 Å². The zero-order valence-corrected chi connectivity index (χ0v) is 12.2. The molecule has 1 unspecified atom stereocenters. The van der Waals surface area contributed by atoms with E-state index in [4.69, 9.17) is 8.85 Å². The minimum absolute atomic E-state index is 0.755. The molecule has 0 amide bonds. The van der Waals surface area contributed by atoms with Crippen molar-refractivity contribution in [3.8, 4) is 0 Å². The van der Waals surface area contributed by atoms with E-state index in [1.807, 2.05) is 13.4 Å². The number of allylic oxidation sites excluding steroid dienone is 1. The van der Waals surface area contributed by atoms with E-state index in [0.29, 0.717) is 0 Å². The van der Waals surface area contributed by atoms with E-state index >= 15 is 0 Å². The molecule has 17 heavy (non-hydrogen) atoms. The molecule has 2 aliphatic rings. The third-order valence-electron chi connectivity index (χ3n) is 4.23. The SMILES string of the molecule is CO[SiH](OC=CC1CCCCCC1)C1CCC1. The van der Waals surface area contributed by atoms with Gasteiger partial charge in [-0.3, -0.25) is 0 Å². The van der Waals surface area contributed by atoms with Crippen molar-refractivity contribution in [2.75, 3.05) is 7.11 Å². The van der Waals surface area contributed by atoms with Gasteiger partial charge in [-0.1, -0.05) is 32.1 Å². The molecule has 0 saturated heterocycles. The van der Waals surface area contributed by atoms with E-state index in [1.165, 1.54) is 57.8 Å². The largest absolute Gasteiger partial charge is 0.529 e. The lowest BCUT2D eigenvalue weighted by molar-refractivity contribution is 0.265. The highest BCUT2D eigenvalue weighted by molar-refractivity contribution is 6.46. The van der Waals surface area contributed by atoms with Gasteiger partial charge in [0.2, 0.25) is 0 Å². The average molecular weight is 254 g/mol. The molecule has 0 radical (unpaired) electrons. The topological polar surface area (TPSA) is 18.5 Å². The molecule has 2 aliphatic carbocycles. The first kappa shape index (κ1) is 13.2. The van der Waals surface area contributed by atoms with Crippen LogP contribution in [0.5, 0.6) is 0 Å². The van der Waals surface area contributed by atoms with Crippen LogP contribution in [-0.2, 0) is 8.85 Å². The second kappa shape index (κ2) is 7.22. The zero-order chi connectivity index (χ0) is 11.9. The smallest absolute Gasteiger partial charge is 0.384 e. The summed E-state index contributed by atoms with van der Waals surface area (Å²) < 4.78 is 11.4. The van der Waals surface area contributed by atoms with Gasteiger partial charge in [0.05, 0.1) is 6.26 Å². The summed E-state index contributed by atoms with van der Waals surface area (Å²) in [7, 11) is 0.424. The van der Waals surface area contributed by atoms with Crippen molar-refractivity contribution in [2.24, 2.45) is 5.92 Å². The Morgan fingerprint density at radius 1 is 0.941 bits per heavy atom. The molecule has 2 fully saturated rings. The maximum Gasteiger partial charge on any atom is 0.384 e. The van der Waals surface area contributed by atoms with E-state index in [2.05, 4.69) is 6.08 Å². The maximum absolute atomic E-state index is 5.87. The van der Waals surface area contributed by atoms with Gasteiger partial charge in [0, 0.05) is 12.7 Å². The van der Waals surface area contributed by atoms with Crippen LogP contribution in [0, 0.1) is 5.92 Å². The van der Waals surface area contributed by atoms with Crippen LogP contribution in [0.2, 0.25) is 5.54 Å². The van der Waals surface area contributed by atoms with Gasteiger partial charge in [0.15, 0.2) is 0 Å². The van der Waals surface area contributed by atoms with Crippen LogP contribution in [0.15, 0.2) is 12.3 Å². The molecule has 0 N–H and O–H groups in total. The van der Waals surface area contributed by atoms with Crippen LogP contribution < -0.4 is 0 Å². The van der Waals surface area contributed by atoms with Gasteiger partial charge in [0.25, 0.3) is 0 Å². The standard InChI is InChI=1S/C14H26O2Si/c1-15-17(14-9-6-10-14)16-12-11-13-7-4-2-3-5-8-13/h11-14,17H,2-10H2,1H3. The van der Waals surface area contributed by atoms with Crippen LogP contribution in [0.25, 0.3) is 0 Å². The lowest BCUT2D eigenvalue weighted by atomic mass is 10.00. The van der Waals surface area contributed by atoms with E-state index < -0.39 is 9.28 Å². The highest BCUT2D eigenvalue weighted by Crippen LogP contribution is 2.35. The molecule has 0 bridgehead atoms. The maximum atomic E-state index is 5.87. The first-order valence-electron chi connectivity index (χ1n) is 7.25. The fraction of sp³-hybridized carbons (Fsp3) is 0.857. The Balaban J connectivity index is 1.70. The van der Waals surface area contributed by atoms with Gasteiger partial charge in [-0.25, -0.2) is 0 Å². The first-order valence-corrected chi connectivity index (χ1v) is 8.86. The predicted octanol–water partition coefficient (Wildman–Crippen LogP) is 3.91. The molecule has 2 nitrogen and oxygen atoms in total. The number of rotatable bonds is 5.